The first-order valence-corrected chi connectivity index (χ1v) is 9.89. The average Bonchev–Trinajstić information content (AvgIpc) is 3.09. The van der Waals surface area contributed by atoms with E-state index < -0.39 is 0 Å². The Morgan fingerprint density at radius 1 is 1.03 bits per heavy atom. The highest BCUT2D eigenvalue weighted by Crippen LogP contribution is 2.28. The number of pyridine rings is 1. The summed E-state index contributed by atoms with van der Waals surface area (Å²) in [4.78, 5) is 19.3. The van der Waals surface area contributed by atoms with Crippen LogP contribution in [-0.4, -0.2) is 39.8 Å². The number of aryl methyl sites for hydroxylation is 3. The van der Waals surface area contributed by atoms with Gasteiger partial charge in [0.05, 0.1) is 32.2 Å². The van der Waals surface area contributed by atoms with Gasteiger partial charge in [0.2, 0.25) is 5.91 Å². The summed E-state index contributed by atoms with van der Waals surface area (Å²) in [6.07, 6.45) is 2.10. The van der Waals surface area contributed by atoms with Crippen molar-refractivity contribution < 1.29 is 14.3 Å². The molecule has 0 bridgehead atoms. The first-order chi connectivity index (χ1) is 14.5. The van der Waals surface area contributed by atoms with E-state index in [0.717, 1.165) is 22.6 Å². The molecule has 0 saturated carbocycles. The second-order valence-electron chi connectivity index (χ2n) is 7.16. The smallest absolute Gasteiger partial charge is 0.225 e. The molecular weight excluding hydrogens is 380 g/mol. The molecule has 0 fully saturated rings. The second kappa shape index (κ2) is 9.91. The minimum Gasteiger partial charge on any atom is -0.493 e. The van der Waals surface area contributed by atoms with Crippen molar-refractivity contribution in [1.82, 2.24) is 19.7 Å². The lowest BCUT2D eigenvalue weighted by Gasteiger charge is -2.23. The average molecular weight is 409 g/mol. The Balaban J connectivity index is 1.77. The van der Waals surface area contributed by atoms with Gasteiger partial charge in [-0.05, 0) is 49.7 Å². The van der Waals surface area contributed by atoms with Crippen LogP contribution in [0.4, 0.5) is 0 Å². The number of nitrogens with zero attached hydrogens (tertiary/aromatic N) is 4. The van der Waals surface area contributed by atoms with E-state index in [-0.39, 0.29) is 5.91 Å². The fraction of sp³-hybridized carbons (Fsp3) is 0.348. The highest BCUT2D eigenvalue weighted by atomic mass is 16.5. The van der Waals surface area contributed by atoms with E-state index in [0.29, 0.717) is 37.6 Å². The SMILES string of the molecule is COc1ccc(CN(Cc2ccccn2)C(=O)CCn2nc(C)cc2C)cc1OC. The molecule has 7 nitrogen and oxygen atoms in total. The number of rotatable bonds is 9. The van der Waals surface area contributed by atoms with Crippen molar-refractivity contribution in [3.63, 3.8) is 0 Å². The van der Waals surface area contributed by atoms with Gasteiger partial charge in [0, 0.05) is 31.4 Å². The molecule has 0 atom stereocenters. The number of carbonyl (C=O) groups excluding carboxylic acids is 1. The van der Waals surface area contributed by atoms with Crippen molar-refractivity contribution in [2.24, 2.45) is 0 Å². The predicted molar refractivity (Wildman–Crippen MR) is 114 cm³/mol. The van der Waals surface area contributed by atoms with Gasteiger partial charge in [-0.3, -0.25) is 14.5 Å². The molecule has 0 spiro atoms. The minimum absolute atomic E-state index is 0.0444. The molecule has 158 valence electrons. The summed E-state index contributed by atoms with van der Waals surface area (Å²) < 4.78 is 12.6. The molecule has 1 amide bonds. The fourth-order valence-electron chi connectivity index (χ4n) is 3.38. The first kappa shape index (κ1) is 21.4. The Hall–Kier alpha value is -3.35. The predicted octanol–water partition coefficient (Wildman–Crippen LogP) is 3.53. The van der Waals surface area contributed by atoms with Gasteiger partial charge >= 0.3 is 0 Å². The number of hydrogen-bond donors (Lipinski definition) is 0. The van der Waals surface area contributed by atoms with Crippen molar-refractivity contribution in [2.45, 2.75) is 39.9 Å². The molecule has 0 N–H and O–H groups in total. The van der Waals surface area contributed by atoms with Crippen molar-refractivity contribution >= 4 is 5.91 Å². The molecule has 0 saturated heterocycles. The van der Waals surface area contributed by atoms with E-state index in [4.69, 9.17) is 9.47 Å². The summed E-state index contributed by atoms with van der Waals surface area (Å²) >= 11 is 0. The lowest BCUT2D eigenvalue weighted by molar-refractivity contribution is -0.132. The van der Waals surface area contributed by atoms with Gasteiger partial charge in [-0.25, -0.2) is 0 Å². The fourth-order valence-corrected chi connectivity index (χ4v) is 3.38. The summed E-state index contributed by atoms with van der Waals surface area (Å²) in [5.41, 5.74) is 3.81. The molecular formula is C23H28N4O3. The quantitative estimate of drug-likeness (QED) is 0.542. The number of methoxy groups -OCH3 is 2. The largest absolute Gasteiger partial charge is 0.493 e. The molecule has 0 aliphatic rings. The molecule has 2 aromatic heterocycles. The van der Waals surface area contributed by atoms with Crippen LogP contribution in [0.25, 0.3) is 0 Å². The highest BCUT2D eigenvalue weighted by molar-refractivity contribution is 5.76. The summed E-state index contributed by atoms with van der Waals surface area (Å²) in [5, 5.41) is 4.45. The lowest BCUT2D eigenvalue weighted by atomic mass is 10.1. The number of ether oxygens (including phenoxy) is 2. The van der Waals surface area contributed by atoms with Crippen LogP contribution in [0.5, 0.6) is 11.5 Å². The number of benzene rings is 1. The lowest BCUT2D eigenvalue weighted by Crippen LogP contribution is -2.31. The Kier molecular flexibility index (Phi) is 7.06. The maximum atomic E-state index is 13.1. The Bertz CT molecular complexity index is 985. The van der Waals surface area contributed by atoms with E-state index >= 15 is 0 Å². The maximum Gasteiger partial charge on any atom is 0.225 e. The van der Waals surface area contributed by atoms with Crippen LogP contribution in [0.15, 0.2) is 48.7 Å². The zero-order valence-corrected chi connectivity index (χ0v) is 18.0. The summed E-state index contributed by atoms with van der Waals surface area (Å²) in [6, 6.07) is 13.4. The van der Waals surface area contributed by atoms with Crippen LogP contribution in [0.2, 0.25) is 0 Å². The van der Waals surface area contributed by atoms with E-state index in [1.165, 1.54) is 0 Å². The third kappa shape index (κ3) is 5.37. The summed E-state index contributed by atoms with van der Waals surface area (Å²) in [7, 11) is 3.21. The molecule has 7 heteroatoms. The van der Waals surface area contributed by atoms with Crippen LogP contribution in [0.3, 0.4) is 0 Å². The molecule has 0 unspecified atom stereocenters. The summed E-state index contributed by atoms with van der Waals surface area (Å²) in [5.74, 6) is 1.35. The molecule has 1 aromatic carbocycles. The normalized spacial score (nSPS) is 10.7. The van der Waals surface area contributed by atoms with Gasteiger partial charge in [0.1, 0.15) is 0 Å². The van der Waals surface area contributed by atoms with E-state index in [9.17, 15) is 4.79 Å². The molecule has 3 rings (SSSR count). The Morgan fingerprint density at radius 3 is 2.47 bits per heavy atom. The molecule has 30 heavy (non-hydrogen) atoms. The van der Waals surface area contributed by atoms with E-state index in [1.807, 2.05) is 65.9 Å². The molecule has 0 aliphatic carbocycles. The van der Waals surface area contributed by atoms with Crippen LogP contribution >= 0.6 is 0 Å². The molecule has 2 heterocycles. The molecule has 0 aliphatic heterocycles. The van der Waals surface area contributed by atoms with Crippen molar-refractivity contribution in [2.75, 3.05) is 14.2 Å². The monoisotopic (exact) mass is 408 g/mol. The third-order valence-electron chi connectivity index (χ3n) is 4.89. The molecule has 3 aromatic rings. The van der Waals surface area contributed by atoms with Crippen LogP contribution in [0.1, 0.15) is 29.1 Å². The Labute approximate surface area is 177 Å². The van der Waals surface area contributed by atoms with Gasteiger partial charge in [0.15, 0.2) is 11.5 Å². The highest BCUT2D eigenvalue weighted by Gasteiger charge is 2.17. The molecule has 0 radical (unpaired) electrons. The number of aromatic nitrogens is 3. The van der Waals surface area contributed by atoms with Gasteiger partial charge in [-0.15, -0.1) is 0 Å². The van der Waals surface area contributed by atoms with Crippen molar-refractivity contribution in [3.8, 4) is 11.5 Å². The number of amides is 1. The Morgan fingerprint density at radius 2 is 1.83 bits per heavy atom. The number of carbonyl (C=O) groups is 1. The minimum atomic E-state index is 0.0444. The van der Waals surface area contributed by atoms with Crippen molar-refractivity contribution in [3.05, 3.63) is 71.3 Å². The van der Waals surface area contributed by atoms with Crippen LogP contribution in [-0.2, 0) is 24.4 Å². The number of hydrogen-bond acceptors (Lipinski definition) is 5. The zero-order valence-electron chi connectivity index (χ0n) is 18.0. The maximum absolute atomic E-state index is 13.1. The van der Waals surface area contributed by atoms with Crippen molar-refractivity contribution in [1.29, 1.82) is 0 Å². The standard InChI is InChI=1S/C23H28N4O3/c1-17-13-18(2)27(25-17)12-10-23(28)26(16-20-7-5-6-11-24-20)15-19-8-9-21(29-3)22(14-19)30-4/h5-9,11,13-14H,10,12,15-16H2,1-4H3. The zero-order chi connectivity index (χ0) is 21.5. The van der Waals surface area contributed by atoms with Gasteiger partial charge in [-0.2, -0.15) is 5.10 Å². The van der Waals surface area contributed by atoms with Crippen LogP contribution in [0, 0.1) is 13.8 Å². The first-order valence-electron chi connectivity index (χ1n) is 9.89. The van der Waals surface area contributed by atoms with Crippen LogP contribution < -0.4 is 9.47 Å². The topological polar surface area (TPSA) is 69.5 Å². The third-order valence-corrected chi connectivity index (χ3v) is 4.89. The van der Waals surface area contributed by atoms with Gasteiger partial charge in [-0.1, -0.05) is 12.1 Å². The van der Waals surface area contributed by atoms with E-state index in [2.05, 4.69) is 10.1 Å². The van der Waals surface area contributed by atoms with Gasteiger partial charge in [0.25, 0.3) is 0 Å². The second-order valence-corrected chi connectivity index (χ2v) is 7.16. The summed E-state index contributed by atoms with van der Waals surface area (Å²) in [6.45, 7) is 5.39. The van der Waals surface area contributed by atoms with E-state index in [1.54, 1.807) is 20.4 Å². The van der Waals surface area contributed by atoms with Gasteiger partial charge < -0.3 is 14.4 Å².